The van der Waals surface area contributed by atoms with Gasteiger partial charge in [0.1, 0.15) is 22.4 Å². The van der Waals surface area contributed by atoms with Crippen LogP contribution in [0, 0.1) is 11.3 Å². The molecular weight excluding hydrogens is 401 g/mol. The molecule has 0 saturated carbocycles. The Kier molecular flexibility index (Phi) is 5.30. The summed E-state index contributed by atoms with van der Waals surface area (Å²) >= 11 is 6.75. The van der Waals surface area contributed by atoms with E-state index in [0.717, 1.165) is 17.8 Å². The number of pyridine rings is 1. The summed E-state index contributed by atoms with van der Waals surface area (Å²) < 4.78 is 37.9. The lowest BCUT2D eigenvalue weighted by molar-refractivity contribution is -0.137. The zero-order valence-corrected chi connectivity index (χ0v) is 15.0. The number of nitriles is 1. The summed E-state index contributed by atoms with van der Waals surface area (Å²) in [4.78, 5) is 10.9. The molecule has 5 nitrogen and oxygen atoms in total. The van der Waals surface area contributed by atoms with Gasteiger partial charge in [-0.25, -0.2) is 9.97 Å². The summed E-state index contributed by atoms with van der Waals surface area (Å²) in [5.41, 5.74) is 0.305. The molecule has 10 heteroatoms. The third kappa shape index (κ3) is 4.18. The molecule has 138 valence electrons. The third-order valence-corrected chi connectivity index (χ3v) is 4.92. The fourth-order valence-corrected chi connectivity index (χ4v) is 3.29. The predicted octanol–water partition coefficient (Wildman–Crippen LogP) is 5.22. The molecule has 0 amide bonds. The van der Waals surface area contributed by atoms with Gasteiger partial charge in [0, 0.05) is 6.20 Å². The molecule has 0 radical (unpaired) electrons. The van der Waals surface area contributed by atoms with Crippen LogP contribution in [0.1, 0.15) is 11.4 Å². The third-order valence-electron chi connectivity index (χ3n) is 3.51. The maximum Gasteiger partial charge on any atom is 0.417 e. The number of aromatic amines is 1. The minimum Gasteiger partial charge on any atom is -0.510 e. The second-order valence-corrected chi connectivity index (χ2v) is 6.70. The van der Waals surface area contributed by atoms with Gasteiger partial charge in [0.2, 0.25) is 0 Å². The van der Waals surface area contributed by atoms with Crippen LogP contribution in [-0.2, 0) is 6.18 Å². The van der Waals surface area contributed by atoms with Gasteiger partial charge in [-0.15, -0.1) is 0 Å². The molecule has 0 saturated heterocycles. The number of benzene rings is 1. The Hall–Kier alpha value is -2.70. The van der Waals surface area contributed by atoms with E-state index in [1.54, 1.807) is 24.3 Å². The minimum atomic E-state index is -4.54. The number of nitrogens with one attached hydrogen (secondary N) is 1. The molecular formula is C17H10ClF3N4OS. The number of aliphatic hydroxyl groups excluding tert-OH is 1. The number of hydrogen-bond donors (Lipinski definition) is 2. The number of alkyl halides is 3. The van der Waals surface area contributed by atoms with Crippen LogP contribution in [0.3, 0.4) is 0 Å². The number of aliphatic hydroxyl groups is 1. The molecule has 0 aliphatic heterocycles. The summed E-state index contributed by atoms with van der Waals surface area (Å²) in [7, 11) is 0. The van der Waals surface area contributed by atoms with Crippen molar-refractivity contribution in [1.82, 2.24) is 15.0 Å². The van der Waals surface area contributed by atoms with Crippen molar-refractivity contribution in [2.75, 3.05) is 5.75 Å². The Labute approximate surface area is 160 Å². The van der Waals surface area contributed by atoms with Crippen molar-refractivity contribution in [1.29, 1.82) is 5.26 Å². The molecule has 0 bridgehead atoms. The van der Waals surface area contributed by atoms with Crippen LogP contribution in [0.15, 0.2) is 47.3 Å². The monoisotopic (exact) mass is 410 g/mol. The van der Waals surface area contributed by atoms with Gasteiger partial charge in [0.05, 0.1) is 27.4 Å². The van der Waals surface area contributed by atoms with Crippen molar-refractivity contribution in [3.8, 4) is 6.07 Å². The van der Waals surface area contributed by atoms with Gasteiger partial charge in [0.25, 0.3) is 0 Å². The van der Waals surface area contributed by atoms with Crippen LogP contribution >= 0.6 is 23.4 Å². The van der Waals surface area contributed by atoms with Gasteiger partial charge in [-0.3, -0.25) is 0 Å². The Balaban J connectivity index is 1.82. The number of H-pyrrole nitrogens is 1. The van der Waals surface area contributed by atoms with Crippen LogP contribution in [0.25, 0.3) is 16.6 Å². The molecule has 0 unspecified atom stereocenters. The molecule has 1 aromatic carbocycles. The SMILES string of the molecule is N#C/C(=C(/O)CSc1ncc(C(F)(F)F)cc1Cl)c1nc2ccccc2[nH]1. The van der Waals surface area contributed by atoms with Gasteiger partial charge in [0.15, 0.2) is 5.82 Å². The first-order valence-electron chi connectivity index (χ1n) is 7.42. The van der Waals surface area contributed by atoms with E-state index < -0.39 is 11.7 Å². The second-order valence-electron chi connectivity index (χ2n) is 5.33. The number of fused-ring (bicyclic) bond motifs is 1. The fraction of sp³-hybridized carbons (Fsp3) is 0.118. The number of para-hydroxylation sites is 2. The average molecular weight is 411 g/mol. The van der Waals surface area contributed by atoms with Gasteiger partial charge >= 0.3 is 6.18 Å². The highest BCUT2D eigenvalue weighted by Crippen LogP contribution is 2.34. The fourth-order valence-electron chi connectivity index (χ4n) is 2.22. The van der Waals surface area contributed by atoms with Crippen LogP contribution < -0.4 is 0 Å². The summed E-state index contributed by atoms with van der Waals surface area (Å²) in [6, 6.07) is 9.76. The summed E-state index contributed by atoms with van der Waals surface area (Å²) in [6.45, 7) is 0. The molecule has 3 aromatic rings. The minimum absolute atomic E-state index is 0.0678. The first-order valence-corrected chi connectivity index (χ1v) is 8.79. The standard InChI is InChI=1S/C17H10ClF3N4OS/c18-11-5-9(17(19,20)21)7-23-16(11)27-8-14(26)10(6-22)15-24-12-3-1-2-4-13(12)25-15/h1-5,7,26H,8H2,(H,24,25)/b14-10-. The van der Waals surface area contributed by atoms with Crippen molar-refractivity contribution in [2.24, 2.45) is 0 Å². The van der Waals surface area contributed by atoms with E-state index >= 15 is 0 Å². The average Bonchev–Trinajstić information content (AvgIpc) is 3.04. The highest BCUT2D eigenvalue weighted by atomic mass is 35.5. The van der Waals surface area contributed by atoms with E-state index in [4.69, 9.17) is 11.6 Å². The Morgan fingerprint density at radius 1 is 1.33 bits per heavy atom. The van der Waals surface area contributed by atoms with E-state index in [0.29, 0.717) is 17.2 Å². The Bertz CT molecular complexity index is 1040. The quantitative estimate of drug-likeness (QED) is 0.350. The number of halogens is 4. The highest BCUT2D eigenvalue weighted by molar-refractivity contribution is 7.99. The maximum atomic E-state index is 12.6. The van der Waals surface area contributed by atoms with Crippen LogP contribution in [-0.4, -0.2) is 25.8 Å². The highest BCUT2D eigenvalue weighted by Gasteiger charge is 2.31. The molecule has 0 spiro atoms. The molecule has 3 rings (SSSR count). The van der Waals surface area contributed by atoms with Crippen LogP contribution in [0.4, 0.5) is 13.2 Å². The van der Waals surface area contributed by atoms with Crippen molar-refractivity contribution in [3.63, 3.8) is 0 Å². The van der Waals surface area contributed by atoms with Gasteiger partial charge in [-0.05, 0) is 18.2 Å². The molecule has 2 aromatic heterocycles. The number of nitrogens with zero attached hydrogens (tertiary/aromatic N) is 3. The lowest BCUT2D eigenvalue weighted by Gasteiger charge is -2.09. The number of rotatable bonds is 4. The molecule has 0 fully saturated rings. The van der Waals surface area contributed by atoms with E-state index in [2.05, 4.69) is 15.0 Å². The number of hydrogen-bond acceptors (Lipinski definition) is 5. The first kappa shape index (κ1) is 19.1. The lowest BCUT2D eigenvalue weighted by atomic mass is 10.2. The van der Waals surface area contributed by atoms with Gasteiger partial charge in [-0.1, -0.05) is 35.5 Å². The summed E-state index contributed by atoms with van der Waals surface area (Å²) in [5, 5.41) is 19.5. The smallest absolute Gasteiger partial charge is 0.417 e. The second kappa shape index (κ2) is 7.50. The summed E-state index contributed by atoms with van der Waals surface area (Å²) in [5.74, 6) is -0.208. The molecule has 2 N–H and O–H groups in total. The lowest BCUT2D eigenvalue weighted by Crippen LogP contribution is -2.05. The van der Waals surface area contributed by atoms with Gasteiger partial charge < -0.3 is 10.1 Å². The predicted molar refractivity (Wildman–Crippen MR) is 96.2 cm³/mol. The van der Waals surface area contributed by atoms with Crippen LogP contribution in [0.5, 0.6) is 0 Å². The maximum absolute atomic E-state index is 12.6. The van der Waals surface area contributed by atoms with E-state index in [-0.39, 0.29) is 33.0 Å². The topological polar surface area (TPSA) is 85.6 Å². The normalized spacial score (nSPS) is 12.7. The van der Waals surface area contributed by atoms with E-state index in [1.165, 1.54) is 0 Å². The van der Waals surface area contributed by atoms with E-state index in [1.807, 2.05) is 6.07 Å². The number of allylic oxidation sites excluding steroid dienone is 1. The molecule has 0 aliphatic carbocycles. The van der Waals surface area contributed by atoms with Crippen molar-refractivity contribution >= 4 is 40.0 Å². The van der Waals surface area contributed by atoms with Gasteiger partial charge in [-0.2, -0.15) is 18.4 Å². The zero-order chi connectivity index (χ0) is 19.6. The molecule has 2 heterocycles. The Morgan fingerprint density at radius 2 is 2.07 bits per heavy atom. The number of imidazole rings is 1. The summed E-state index contributed by atoms with van der Waals surface area (Å²) in [6.07, 6.45) is -3.88. The Morgan fingerprint density at radius 3 is 2.70 bits per heavy atom. The molecule has 0 atom stereocenters. The van der Waals surface area contributed by atoms with Crippen molar-refractivity contribution < 1.29 is 18.3 Å². The number of aromatic nitrogens is 3. The zero-order valence-electron chi connectivity index (χ0n) is 13.4. The largest absolute Gasteiger partial charge is 0.510 e. The first-order chi connectivity index (χ1) is 12.8. The number of thioether (sulfide) groups is 1. The van der Waals surface area contributed by atoms with E-state index in [9.17, 15) is 23.5 Å². The van der Waals surface area contributed by atoms with Crippen molar-refractivity contribution in [2.45, 2.75) is 11.2 Å². The van der Waals surface area contributed by atoms with Crippen molar-refractivity contribution in [3.05, 3.63) is 58.7 Å². The molecule has 0 aliphatic rings. The molecule has 27 heavy (non-hydrogen) atoms. The van der Waals surface area contributed by atoms with Crippen LogP contribution in [0.2, 0.25) is 5.02 Å².